The number of hydrogen-bond acceptors (Lipinski definition) is 1. The predicted molar refractivity (Wildman–Crippen MR) is 89.0 cm³/mol. The first-order valence-corrected chi connectivity index (χ1v) is 7.45. The summed E-state index contributed by atoms with van der Waals surface area (Å²) in [6, 6.07) is 18.1. The Bertz CT molecular complexity index is 792. The lowest BCUT2D eigenvalue weighted by Gasteiger charge is -2.03. The van der Waals surface area contributed by atoms with Gasteiger partial charge in [-0.25, -0.2) is 0 Å². The van der Waals surface area contributed by atoms with Gasteiger partial charge >= 0.3 is 0 Å². The van der Waals surface area contributed by atoms with Crippen LogP contribution in [0.1, 0.15) is 0 Å². The maximum atomic E-state index is 6.00. The fraction of sp³-hybridized carbons (Fsp3) is 0.167. The van der Waals surface area contributed by atoms with E-state index in [4.69, 9.17) is 16.3 Å². The van der Waals surface area contributed by atoms with Crippen LogP contribution in [0.3, 0.4) is 0 Å². The van der Waals surface area contributed by atoms with Crippen molar-refractivity contribution in [1.29, 1.82) is 0 Å². The number of rotatable bonds is 3. The fourth-order valence-corrected chi connectivity index (χ4v) is 2.87. The van der Waals surface area contributed by atoms with E-state index in [1.807, 2.05) is 56.6 Å². The lowest BCUT2D eigenvalue weighted by Crippen LogP contribution is -2.39. The van der Waals surface area contributed by atoms with Crippen molar-refractivity contribution >= 4 is 11.6 Å². The maximum absolute atomic E-state index is 6.00. The van der Waals surface area contributed by atoms with Crippen LogP contribution in [0, 0.1) is 0 Å². The van der Waals surface area contributed by atoms with Crippen LogP contribution >= 0.6 is 11.6 Å². The van der Waals surface area contributed by atoms with E-state index in [1.165, 1.54) is 0 Å². The molecule has 0 spiro atoms. The zero-order valence-corrected chi connectivity index (χ0v) is 13.6. The van der Waals surface area contributed by atoms with Crippen molar-refractivity contribution < 1.29 is 9.42 Å². The Hall–Kier alpha value is -2.26. The Labute approximate surface area is 135 Å². The standard InChI is InChI=1S/C18H18ClN2O/c1-20-16(13-7-5-4-6-8-13)18(22-3)17(21(20)2)14-9-11-15(19)12-10-14/h4-12H,1-3H3/q+1. The smallest absolute Gasteiger partial charge is 0.280 e. The molecule has 0 unspecified atom stereocenters. The van der Waals surface area contributed by atoms with E-state index in [2.05, 4.69) is 21.5 Å². The minimum Gasteiger partial charge on any atom is -0.489 e. The van der Waals surface area contributed by atoms with E-state index in [0.717, 1.165) is 33.3 Å². The number of benzene rings is 2. The van der Waals surface area contributed by atoms with Crippen LogP contribution in [0.25, 0.3) is 22.5 Å². The van der Waals surface area contributed by atoms with Crippen LogP contribution in [-0.2, 0) is 14.1 Å². The number of nitrogens with zero attached hydrogens (tertiary/aromatic N) is 2. The lowest BCUT2D eigenvalue weighted by atomic mass is 10.1. The van der Waals surface area contributed by atoms with Gasteiger partial charge in [0.15, 0.2) is 12.7 Å². The first-order chi connectivity index (χ1) is 10.6. The van der Waals surface area contributed by atoms with Crippen LogP contribution in [0.5, 0.6) is 5.75 Å². The maximum Gasteiger partial charge on any atom is 0.280 e. The average Bonchev–Trinajstić information content (AvgIpc) is 2.80. The number of methoxy groups -OCH3 is 1. The highest BCUT2D eigenvalue weighted by Gasteiger charge is 2.29. The van der Waals surface area contributed by atoms with E-state index >= 15 is 0 Å². The molecule has 4 heteroatoms. The summed E-state index contributed by atoms with van der Waals surface area (Å²) in [6.07, 6.45) is 0. The third-order valence-corrected chi connectivity index (χ3v) is 4.15. The Morgan fingerprint density at radius 3 is 2.18 bits per heavy atom. The first-order valence-electron chi connectivity index (χ1n) is 7.08. The summed E-state index contributed by atoms with van der Waals surface area (Å²) in [4.78, 5) is 0. The van der Waals surface area contributed by atoms with Crippen molar-refractivity contribution in [1.82, 2.24) is 4.68 Å². The second kappa shape index (κ2) is 5.85. The molecule has 22 heavy (non-hydrogen) atoms. The Kier molecular flexibility index (Phi) is 3.90. The molecule has 0 fully saturated rings. The number of hydrogen-bond donors (Lipinski definition) is 0. The van der Waals surface area contributed by atoms with Gasteiger partial charge in [-0.1, -0.05) is 41.9 Å². The topological polar surface area (TPSA) is 18.0 Å². The second-order valence-electron chi connectivity index (χ2n) is 5.15. The molecule has 3 nitrogen and oxygen atoms in total. The highest BCUT2D eigenvalue weighted by Crippen LogP contribution is 2.37. The van der Waals surface area contributed by atoms with Gasteiger partial charge in [-0.05, 0) is 24.3 Å². The molecule has 0 amide bonds. The normalized spacial score (nSPS) is 10.7. The summed E-state index contributed by atoms with van der Waals surface area (Å²) in [7, 11) is 5.77. The predicted octanol–water partition coefficient (Wildman–Crippen LogP) is 3.85. The quantitative estimate of drug-likeness (QED) is 0.672. The molecule has 0 bridgehead atoms. The van der Waals surface area contributed by atoms with Crippen LogP contribution in [-0.4, -0.2) is 11.8 Å². The molecule has 1 heterocycles. The number of ether oxygens (including phenoxy) is 1. The monoisotopic (exact) mass is 313 g/mol. The van der Waals surface area contributed by atoms with Crippen molar-refractivity contribution in [3.63, 3.8) is 0 Å². The zero-order valence-electron chi connectivity index (χ0n) is 12.9. The molecule has 112 valence electrons. The van der Waals surface area contributed by atoms with Gasteiger partial charge in [0.1, 0.15) is 0 Å². The van der Waals surface area contributed by atoms with Gasteiger partial charge in [-0.15, -0.1) is 4.68 Å². The largest absolute Gasteiger partial charge is 0.489 e. The molecule has 0 aliphatic carbocycles. The summed E-state index contributed by atoms with van der Waals surface area (Å²) >= 11 is 6.00. The van der Waals surface area contributed by atoms with Crippen molar-refractivity contribution in [2.75, 3.05) is 7.11 Å². The average molecular weight is 314 g/mol. The van der Waals surface area contributed by atoms with Gasteiger partial charge in [-0.2, -0.15) is 4.68 Å². The van der Waals surface area contributed by atoms with Crippen molar-refractivity contribution in [3.8, 4) is 28.3 Å². The highest BCUT2D eigenvalue weighted by atomic mass is 35.5. The zero-order chi connectivity index (χ0) is 15.7. The molecule has 3 aromatic rings. The molecule has 2 aromatic carbocycles. The SMILES string of the molecule is COc1c(-c2ccc(Cl)cc2)n(C)[n+](C)c1-c1ccccc1. The highest BCUT2D eigenvalue weighted by molar-refractivity contribution is 6.30. The molecule has 0 atom stereocenters. The molecule has 0 N–H and O–H groups in total. The third kappa shape index (κ3) is 2.38. The Balaban J connectivity index is 2.26. The van der Waals surface area contributed by atoms with Gasteiger partial charge in [0, 0.05) is 10.6 Å². The third-order valence-electron chi connectivity index (χ3n) is 3.90. The van der Waals surface area contributed by atoms with Gasteiger partial charge < -0.3 is 4.74 Å². The molecule has 0 saturated heterocycles. The van der Waals surface area contributed by atoms with Gasteiger partial charge in [0.05, 0.1) is 19.7 Å². The van der Waals surface area contributed by atoms with Gasteiger partial charge in [0.2, 0.25) is 5.75 Å². The molecule has 3 rings (SSSR count). The Morgan fingerprint density at radius 1 is 0.955 bits per heavy atom. The van der Waals surface area contributed by atoms with Crippen molar-refractivity contribution in [2.24, 2.45) is 14.1 Å². The fourth-order valence-electron chi connectivity index (χ4n) is 2.74. The van der Waals surface area contributed by atoms with Crippen LogP contribution in [0.2, 0.25) is 5.02 Å². The van der Waals surface area contributed by atoms with Crippen molar-refractivity contribution in [3.05, 3.63) is 59.6 Å². The van der Waals surface area contributed by atoms with E-state index in [1.54, 1.807) is 7.11 Å². The van der Waals surface area contributed by atoms with E-state index in [0.29, 0.717) is 0 Å². The molecule has 0 saturated carbocycles. The summed E-state index contributed by atoms with van der Waals surface area (Å²) in [6.45, 7) is 0. The van der Waals surface area contributed by atoms with Crippen LogP contribution in [0.4, 0.5) is 0 Å². The van der Waals surface area contributed by atoms with E-state index < -0.39 is 0 Å². The number of halogens is 1. The number of aromatic nitrogens is 2. The molecule has 0 radical (unpaired) electrons. The summed E-state index contributed by atoms with van der Waals surface area (Å²) in [5, 5.41) is 0.726. The summed E-state index contributed by atoms with van der Waals surface area (Å²) in [5.74, 6) is 0.860. The summed E-state index contributed by atoms with van der Waals surface area (Å²) < 4.78 is 9.93. The first kappa shape index (κ1) is 14.7. The molecule has 0 aliphatic rings. The second-order valence-corrected chi connectivity index (χ2v) is 5.59. The van der Waals surface area contributed by atoms with E-state index in [-0.39, 0.29) is 0 Å². The van der Waals surface area contributed by atoms with Crippen molar-refractivity contribution in [2.45, 2.75) is 0 Å². The van der Waals surface area contributed by atoms with E-state index in [9.17, 15) is 0 Å². The van der Waals surface area contributed by atoms with Crippen LogP contribution < -0.4 is 9.42 Å². The lowest BCUT2D eigenvalue weighted by molar-refractivity contribution is -0.740. The Morgan fingerprint density at radius 2 is 1.59 bits per heavy atom. The minimum atomic E-state index is 0.726. The molecule has 0 aliphatic heterocycles. The van der Waals surface area contributed by atoms with Crippen LogP contribution in [0.15, 0.2) is 54.6 Å². The van der Waals surface area contributed by atoms with Gasteiger partial charge in [-0.3, -0.25) is 0 Å². The summed E-state index contributed by atoms with van der Waals surface area (Å²) in [5.41, 5.74) is 4.27. The molecular formula is C18H18ClN2O+. The molecule has 1 aromatic heterocycles. The van der Waals surface area contributed by atoms with Gasteiger partial charge in [0.25, 0.3) is 5.69 Å². The molecular weight excluding hydrogens is 296 g/mol. The minimum absolute atomic E-state index is 0.726.